The van der Waals surface area contributed by atoms with Gasteiger partial charge in [-0.15, -0.1) is 0 Å². The van der Waals surface area contributed by atoms with Crippen LogP contribution in [0.15, 0.2) is 18.3 Å². The number of rotatable bonds is 5. The van der Waals surface area contributed by atoms with Crippen molar-refractivity contribution >= 4 is 24.8 Å². The van der Waals surface area contributed by atoms with Crippen LogP contribution >= 0.6 is 0 Å². The molecule has 3 heterocycles. The molecule has 120 valence electrons. The predicted molar refractivity (Wildman–Crippen MR) is 92.4 cm³/mol. The van der Waals surface area contributed by atoms with Crippen LogP contribution in [0.1, 0.15) is 6.92 Å². The molecule has 0 aromatic carbocycles. The molecule has 1 aliphatic rings. The van der Waals surface area contributed by atoms with Gasteiger partial charge >= 0.3 is 0 Å². The third kappa shape index (κ3) is 3.44. The Labute approximate surface area is 132 Å². The second-order valence-electron chi connectivity index (χ2n) is 7.24. The van der Waals surface area contributed by atoms with E-state index in [1.54, 1.807) is 0 Å². The van der Waals surface area contributed by atoms with E-state index in [-0.39, 0.29) is 0 Å². The summed E-state index contributed by atoms with van der Waals surface area (Å²) in [5, 5.41) is 4.52. The SMILES string of the molecule is CC1COc2nc3c(ccn3COCC[Si](C)(C)C)cc2N1. The lowest BCUT2D eigenvalue weighted by atomic mass is 10.2. The Morgan fingerprint density at radius 2 is 2.27 bits per heavy atom. The number of ether oxygens (including phenoxy) is 2. The highest BCUT2D eigenvalue weighted by molar-refractivity contribution is 6.76. The molecule has 0 saturated heterocycles. The highest BCUT2D eigenvalue weighted by Crippen LogP contribution is 2.30. The molecule has 1 atom stereocenters. The fraction of sp³-hybridized carbons (Fsp3) is 0.562. The molecule has 0 amide bonds. The summed E-state index contributed by atoms with van der Waals surface area (Å²) in [6.07, 6.45) is 2.03. The van der Waals surface area contributed by atoms with E-state index in [4.69, 9.17) is 9.47 Å². The van der Waals surface area contributed by atoms with Crippen LogP contribution in [0.25, 0.3) is 11.0 Å². The molecular formula is C16H25N3O2Si. The number of pyridine rings is 1. The first kappa shape index (κ1) is 15.4. The van der Waals surface area contributed by atoms with Crippen LogP contribution in [0, 0.1) is 0 Å². The summed E-state index contributed by atoms with van der Waals surface area (Å²) in [6, 6.07) is 5.68. The Kier molecular flexibility index (Phi) is 4.14. The third-order valence-corrected chi connectivity index (χ3v) is 5.50. The molecule has 0 saturated carbocycles. The number of nitrogens with one attached hydrogen (secondary N) is 1. The fourth-order valence-corrected chi connectivity index (χ4v) is 3.22. The predicted octanol–water partition coefficient (Wildman–Crippen LogP) is 3.54. The maximum absolute atomic E-state index is 5.82. The zero-order valence-corrected chi connectivity index (χ0v) is 14.8. The molecule has 3 rings (SSSR count). The Morgan fingerprint density at radius 3 is 3.05 bits per heavy atom. The first-order valence-electron chi connectivity index (χ1n) is 7.89. The third-order valence-electron chi connectivity index (χ3n) is 3.80. The van der Waals surface area contributed by atoms with Crippen LogP contribution in [0.4, 0.5) is 5.69 Å². The van der Waals surface area contributed by atoms with Gasteiger partial charge in [0.2, 0.25) is 5.88 Å². The highest BCUT2D eigenvalue weighted by atomic mass is 28.3. The Hall–Kier alpha value is -1.53. The average molecular weight is 319 g/mol. The van der Waals surface area contributed by atoms with Crippen LogP contribution in [-0.2, 0) is 11.5 Å². The van der Waals surface area contributed by atoms with Crippen LogP contribution in [0.5, 0.6) is 5.88 Å². The normalized spacial score (nSPS) is 17.9. The second-order valence-corrected chi connectivity index (χ2v) is 12.9. The average Bonchev–Trinajstić information content (AvgIpc) is 2.82. The van der Waals surface area contributed by atoms with Crippen LogP contribution in [0.2, 0.25) is 25.7 Å². The molecule has 5 nitrogen and oxygen atoms in total. The van der Waals surface area contributed by atoms with E-state index < -0.39 is 8.07 Å². The maximum Gasteiger partial charge on any atom is 0.239 e. The number of fused-ring (bicyclic) bond motifs is 2. The van der Waals surface area contributed by atoms with E-state index in [0.29, 0.717) is 25.3 Å². The van der Waals surface area contributed by atoms with E-state index in [2.05, 4.69) is 49.0 Å². The molecule has 1 aliphatic heterocycles. The topological polar surface area (TPSA) is 48.3 Å². The fourth-order valence-electron chi connectivity index (χ4n) is 2.47. The van der Waals surface area contributed by atoms with Crippen molar-refractivity contribution in [2.24, 2.45) is 0 Å². The molecule has 22 heavy (non-hydrogen) atoms. The van der Waals surface area contributed by atoms with Crippen molar-refractivity contribution in [2.45, 2.75) is 45.4 Å². The standard InChI is InChI=1S/C16H25N3O2Si/c1-12-10-21-16-14(17-12)9-13-5-6-19(15(13)18-16)11-20-7-8-22(2,3)4/h5-6,9,12,17H,7-8,10-11H2,1-4H3. The molecule has 1 unspecified atom stereocenters. The van der Waals surface area contributed by atoms with Gasteiger partial charge < -0.3 is 19.4 Å². The van der Waals surface area contributed by atoms with Gasteiger partial charge in [-0.1, -0.05) is 19.6 Å². The summed E-state index contributed by atoms with van der Waals surface area (Å²) >= 11 is 0. The summed E-state index contributed by atoms with van der Waals surface area (Å²) < 4.78 is 13.6. The smallest absolute Gasteiger partial charge is 0.239 e. The first-order valence-corrected chi connectivity index (χ1v) is 11.6. The molecule has 2 aromatic heterocycles. The van der Waals surface area contributed by atoms with Crippen molar-refractivity contribution in [3.05, 3.63) is 18.3 Å². The van der Waals surface area contributed by atoms with Gasteiger partial charge in [0.25, 0.3) is 0 Å². The number of hydrogen-bond acceptors (Lipinski definition) is 4. The van der Waals surface area contributed by atoms with Gasteiger partial charge in [-0.25, -0.2) is 0 Å². The summed E-state index contributed by atoms with van der Waals surface area (Å²) in [7, 11) is -1.04. The van der Waals surface area contributed by atoms with Gasteiger partial charge in [0.15, 0.2) is 0 Å². The highest BCUT2D eigenvalue weighted by Gasteiger charge is 2.18. The molecule has 0 radical (unpaired) electrons. The zero-order chi connectivity index (χ0) is 15.7. The molecule has 0 fully saturated rings. The lowest BCUT2D eigenvalue weighted by molar-refractivity contribution is 0.0898. The molecule has 6 heteroatoms. The Balaban J connectivity index is 1.72. The molecule has 1 N–H and O–H groups in total. The number of aromatic nitrogens is 2. The molecule has 0 bridgehead atoms. The van der Waals surface area contributed by atoms with E-state index in [9.17, 15) is 0 Å². The Bertz CT molecular complexity index is 663. The summed E-state index contributed by atoms with van der Waals surface area (Å²) in [4.78, 5) is 4.64. The Morgan fingerprint density at radius 1 is 1.45 bits per heavy atom. The monoisotopic (exact) mass is 319 g/mol. The van der Waals surface area contributed by atoms with Crippen molar-refractivity contribution in [2.75, 3.05) is 18.5 Å². The van der Waals surface area contributed by atoms with E-state index in [1.165, 1.54) is 6.04 Å². The minimum atomic E-state index is -1.04. The summed E-state index contributed by atoms with van der Waals surface area (Å²) in [6.45, 7) is 11.2. The first-order chi connectivity index (χ1) is 10.4. The molecule has 0 aliphatic carbocycles. The summed E-state index contributed by atoms with van der Waals surface area (Å²) in [5.74, 6) is 0.688. The molecule has 0 spiro atoms. The minimum Gasteiger partial charge on any atom is -0.474 e. The van der Waals surface area contributed by atoms with Gasteiger partial charge in [-0.2, -0.15) is 4.98 Å². The van der Waals surface area contributed by atoms with Gasteiger partial charge in [0.1, 0.15) is 19.0 Å². The van der Waals surface area contributed by atoms with Gasteiger partial charge in [-0.3, -0.25) is 0 Å². The minimum absolute atomic E-state index is 0.318. The largest absolute Gasteiger partial charge is 0.474 e. The van der Waals surface area contributed by atoms with Crippen molar-refractivity contribution in [3.8, 4) is 5.88 Å². The number of nitrogens with zero attached hydrogens (tertiary/aromatic N) is 2. The summed E-state index contributed by atoms with van der Waals surface area (Å²) in [5.41, 5.74) is 1.90. The van der Waals surface area contributed by atoms with Crippen LogP contribution < -0.4 is 10.1 Å². The second kappa shape index (κ2) is 5.93. The van der Waals surface area contributed by atoms with E-state index in [0.717, 1.165) is 23.3 Å². The number of anilines is 1. The quantitative estimate of drug-likeness (QED) is 0.676. The lowest BCUT2D eigenvalue weighted by Crippen LogP contribution is -2.28. The lowest BCUT2D eigenvalue weighted by Gasteiger charge is -2.23. The van der Waals surface area contributed by atoms with E-state index in [1.807, 2.05) is 10.8 Å². The van der Waals surface area contributed by atoms with Crippen LogP contribution in [0.3, 0.4) is 0 Å². The maximum atomic E-state index is 5.82. The van der Waals surface area contributed by atoms with Gasteiger partial charge in [-0.05, 0) is 25.1 Å². The van der Waals surface area contributed by atoms with E-state index >= 15 is 0 Å². The van der Waals surface area contributed by atoms with Crippen molar-refractivity contribution in [3.63, 3.8) is 0 Å². The van der Waals surface area contributed by atoms with Crippen LogP contribution in [-0.4, -0.2) is 36.9 Å². The van der Waals surface area contributed by atoms with Crippen molar-refractivity contribution in [1.29, 1.82) is 0 Å². The van der Waals surface area contributed by atoms with Crippen molar-refractivity contribution in [1.82, 2.24) is 9.55 Å². The zero-order valence-electron chi connectivity index (χ0n) is 13.8. The molecular weight excluding hydrogens is 294 g/mol. The van der Waals surface area contributed by atoms with Gasteiger partial charge in [0.05, 0.1) is 11.7 Å². The van der Waals surface area contributed by atoms with Gasteiger partial charge in [0, 0.05) is 26.3 Å². The van der Waals surface area contributed by atoms with Crippen molar-refractivity contribution < 1.29 is 9.47 Å². The molecule has 2 aromatic rings. The number of hydrogen-bond donors (Lipinski definition) is 1.